The van der Waals surface area contributed by atoms with Gasteiger partial charge in [-0.3, -0.25) is 9.36 Å². The van der Waals surface area contributed by atoms with E-state index in [0.717, 1.165) is 0 Å². The molecule has 2 aromatic carbocycles. The van der Waals surface area contributed by atoms with Crippen molar-refractivity contribution in [2.75, 3.05) is 40.6 Å². The number of aromatic nitrogens is 1. The highest BCUT2D eigenvalue weighted by Crippen LogP contribution is 2.35. The molecule has 0 aliphatic carbocycles. The molecule has 1 aliphatic rings. The lowest BCUT2D eigenvalue weighted by atomic mass is 9.97. The fourth-order valence-electron chi connectivity index (χ4n) is 4.34. The fraction of sp³-hybridized carbons (Fsp3) is 0.333. The van der Waals surface area contributed by atoms with E-state index in [1.54, 1.807) is 42.5 Å². The Kier molecular flexibility index (Phi) is 10.0. The zero-order valence-corrected chi connectivity index (χ0v) is 24.8. The van der Waals surface area contributed by atoms with E-state index in [1.165, 1.54) is 36.3 Å². The summed E-state index contributed by atoms with van der Waals surface area (Å²) >= 11 is 1.19. The Labute approximate surface area is 246 Å². The van der Waals surface area contributed by atoms with Crippen LogP contribution in [-0.4, -0.2) is 57.2 Å². The van der Waals surface area contributed by atoms with Crippen LogP contribution in [0.1, 0.15) is 37.9 Å². The van der Waals surface area contributed by atoms with Crippen LogP contribution in [0.3, 0.4) is 0 Å². The molecule has 4 rings (SSSR count). The molecule has 1 aromatic heterocycles. The lowest BCUT2D eigenvalue weighted by Gasteiger charge is -2.23. The minimum atomic E-state index is -0.807. The summed E-state index contributed by atoms with van der Waals surface area (Å²) in [5.74, 6) is 0.704. The van der Waals surface area contributed by atoms with Crippen molar-refractivity contribution >= 4 is 29.4 Å². The molecule has 0 spiro atoms. The second kappa shape index (κ2) is 13.9. The molecule has 0 bridgehead atoms. The molecular formula is C30H32N2O9S. The first-order chi connectivity index (χ1) is 20.3. The monoisotopic (exact) mass is 596 g/mol. The van der Waals surface area contributed by atoms with E-state index < -0.39 is 18.0 Å². The van der Waals surface area contributed by atoms with Crippen LogP contribution in [0.2, 0.25) is 0 Å². The average Bonchev–Trinajstić information content (AvgIpc) is 3.31. The molecule has 11 nitrogen and oxygen atoms in total. The molecule has 1 aliphatic heterocycles. The maximum atomic E-state index is 13.9. The van der Waals surface area contributed by atoms with Gasteiger partial charge in [0.25, 0.3) is 5.56 Å². The Bertz CT molecular complexity index is 1670. The average molecular weight is 597 g/mol. The van der Waals surface area contributed by atoms with Crippen molar-refractivity contribution in [3.8, 4) is 23.0 Å². The molecule has 0 fully saturated rings. The van der Waals surface area contributed by atoms with Crippen molar-refractivity contribution in [3.63, 3.8) is 0 Å². The zero-order valence-electron chi connectivity index (χ0n) is 24.0. The molecule has 12 heteroatoms. The van der Waals surface area contributed by atoms with Crippen LogP contribution in [0.15, 0.2) is 58.0 Å². The summed E-state index contributed by atoms with van der Waals surface area (Å²) in [6, 6.07) is 9.62. The van der Waals surface area contributed by atoms with Crippen LogP contribution < -0.4 is 33.8 Å². The third-order valence-corrected chi connectivity index (χ3v) is 7.14. The molecule has 3 aromatic rings. The Morgan fingerprint density at radius 1 is 0.881 bits per heavy atom. The van der Waals surface area contributed by atoms with E-state index in [4.69, 9.17) is 23.7 Å². The van der Waals surface area contributed by atoms with Gasteiger partial charge in [-0.2, -0.15) is 0 Å². The third kappa shape index (κ3) is 6.49. The highest BCUT2D eigenvalue weighted by atomic mass is 32.1. The number of rotatable bonds is 12. The highest BCUT2D eigenvalue weighted by Gasteiger charge is 2.31. The second-order valence-corrected chi connectivity index (χ2v) is 9.76. The molecule has 222 valence electrons. The largest absolute Gasteiger partial charge is 0.490 e. The Hall–Kier alpha value is -4.58. The van der Waals surface area contributed by atoms with Gasteiger partial charge in [0.15, 0.2) is 34.4 Å². The number of hydrogen-bond acceptors (Lipinski definition) is 11. The number of fused-ring (bicyclic) bond motifs is 1. The van der Waals surface area contributed by atoms with Crippen LogP contribution in [-0.2, 0) is 19.1 Å². The topological polar surface area (TPSA) is 124 Å². The van der Waals surface area contributed by atoms with Gasteiger partial charge in [-0.05, 0) is 62.2 Å². The zero-order chi connectivity index (χ0) is 30.2. The Morgan fingerprint density at radius 3 is 2.19 bits per heavy atom. The maximum Gasteiger partial charge on any atom is 0.343 e. The van der Waals surface area contributed by atoms with Gasteiger partial charge in [-0.25, -0.2) is 14.6 Å². The standard InChI is InChI=1S/C30H32N2O9S/c1-6-38-21-12-10-19(15-24(21)40-8-3)27-20(29(35)37-5)16-31-30-32(27)28(34)25(42-30)14-18-9-11-22(23(13-18)39-7-2)41-17-26(33)36-4/h9-16,27H,6-8,17H2,1-5H3/b25-14-/t27-/m1/s1. The molecule has 0 radical (unpaired) electrons. The molecule has 42 heavy (non-hydrogen) atoms. The maximum absolute atomic E-state index is 13.9. The molecule has 0 amide bonds. The van der Waals surface area contributed by atoms with Gasteiger partial charge in [0.05, 0.1) is 50.2 Å². The van der Waals surface area contributed by atoms with Gasteiger partial charge in [0.2, 0.25) is 0 Å². The smallest absolute Gasteiger partial charge is 0.343 e. The number of carbonyl (C=O) groups excluding carboxylic acids is 2. The van der Waals surface area contributed by atoms with E-state index in [0.29, 0.717) is 63.3 Å². The second-order valence-electron chi connectivity index (χ2n) is 8.75. The van der Waals surface area contributed by atoms with E-state index in [1.807, 2.05) is 20.8 Å². The normalized spacial score (nSPS) is 14.3. The minimum absolute atomic E-state index is 0.203. The van der Waals surface area contributed by atoms with Crippen LogP contribution in [0.4, 0.5) is 0 Å². The van der Waals surface area contributed by atoms with Gasteiger partial charge >= 0.3 is 11.9 Å². The van der Waals surface area contributed by atoms with E-state index in [-0.39, 0.29) is 17.7 Å². The number of thiazole rings is 1. The quantitative estimate of drug-likeness (QED) is 0.290. The summed E-state index contributed by atoms with van der Waals surface area (Å²) in [6.07, 6.45) is 3.14. The fourth-order valence-corrected chi connectivity index (χ4v) is 5.31. The summed E-state index contributed by atoms with van der Waals surface area (Å²) in [5, 5.41) is 0. The summed E-state index contributed by atoms with van der Waals surface area (Å²) < 4.78 is 34.3. The first-order valence-electron chi connectivity index (χ1n) is 13.3. The van der Waals surface area contributed by atoms with Crippen molar-refractivity contribution < 1.29 is 38.0 Å². The first kappa shape index (κ1) is 30.4. The minimum Gasteiger partial charge on any atom is -0.490 e. The highest BCUT2D eigenvalue weighted by molar-refractivity contribution is 7.07. The number of hydrogen-bond donors (Lipinski definition) is 0. The van der Waals surface area contributed by atoms with Gasteiger partial charge in [-0.15, -0.1) is 0 Å². The lowest BCUT2D eigenvalue weighted by Crippen LogP contribution is -2.39. The number of esters is 2. The van der Waals surface area contributed by atoms with Crippen molar-refractivity contribution in [1.82, 2.24) is 4.57 Å². The summed E-state index contributed by atoms with van der Waals surface area (Å²) in [7, 11) is 2.56. The number of methoxy groups -OCH3 is 2. The van der Waals surface area contributed by atoms with Crippen LogP contribution >= 0.6 is 11.3 Å². The van der Waals surface area contributed by atoms with E-state index >= 15 is 0 Å². The number of carbonyl (C=O) groups is 2. The molecule has 0 N–H and O–H groups in total. The van der Waals surface area contributed by atoms with Gasteiger partial charge in [-0.1, -0.05) is 23.5 Å². The van der Waals surface area contributed by atoms with Crippen molar-refractivity contribution in [2.24, 2.45) is 4.99 Å². The van der Waals surface area contributed by atoms with Gasteiger partial charge in [0.1, 0.15) is 0 Å². The number of benzene rings is 2. The van der Waals surface area contributed by atoms with Crippen LogP contribution in [0.25, 0.3) is 6.08 Å². The molecule has 0 unspecified atom stereocenters. The predicted molar refractivity (Wildman–Crippen MR) is 155 cm³/mol. The molecule has 1 atom stereocenters. The summed E-state index contributed by atoms with van der Waals surface area (Å²) in [6.45, 7) is 6.51. The van der Waals surface area contributed by atoms with Crippen molar-refractivity contribution in [2.45, 2.75) is 26.8 Å². The van der Waals surface area contributed by atoms with Crippen molar-refractivity contribution in [1.29, 1.82) is 0 Å². The van der Waals surface area contributed by atoms with Gasteiger partial charge in [0, 0.05) is 6.20 Å². The van der Waals surface area contributed by atoms with Crippen LogP contribution in [0.5, 0.6) is 23.0 Å². The summed E-state index contributed by atoms with van der Waals surface area (Å²) in [5.41, 5.74) is 1.16. The number of ether oxygens (including phenoxy) is 6. The Morgan fingerprint density at radius 2 is 1.52 bits per heavy atom. The number of nitrogens with zero attached hydrogens (tertiary/aromatic N) is 2. The SMILES string of the molecule is CCOc1ccc([C@@H]2C(C(=O)OC)=CN=c3s/c(=C\c4ccc(OCC(=O)OC)c(OCC)c4)c(=O)n32)cc1OCC. The van der Waals surface area contributed by atoms with Crippen LogP contribution in [0, 0.1) is 0 Å². The summed E-state index contributed by atoms with van der Waals surface area (Å²) in [4.78, 5) is 43.0. The lowest BCUT2D eigenvalue weighted by molar-refractivity contribution is -0.143. The molecular weight excluding hydrogens is 564 g/mol. The van der Waals surface area contributed by atoms with Crippen molar-refractivity contribution in [3.05, 3.63) is 79.0 Å². The molecule has 0 saturated heterocycles. The molecule has 0 saturated carbocycles. The Balaban J connectivity index is 1.81. The predicted octanol–water partition coefficient (Wildman–Crippen LogP) is 2.77. The van der Waals surface area contributed by atoms with E-state index in [2.05, 4.69) is 9.73 Å². The van der Waals surface area contributed by atoms with Gasteiger partial charge < -0.3 is 28.4 Å². The van der Waals surface area contributed by atoms with E-state index in [9.17, 15) is 14.4 Å². The first-order valence-corrected chi connectivity index (χ1v) is 14.1. The molecule has 2 heterocycles. The third-order valence-electron chi connectivity index (χ3n) is 6.15.